The Morgan fingerprint density at radius 1 is 1.10 bits per heavy atom. The van der Waals surface area contributed by atoms with Crippen LogP contribution in [0.25, 0.3) is 10.8 Å². The fourth-order valence-electron chi connectivity index (χ4n) is 4.60. The average molecular weight is 393 g/mol. The molecule has 2 aromatic carbocycles. The number of nitrogens with zero attached hydrogens (tertiary/aromatic N) is 2. The molecule has 1 fully saturated rings. The molecule has 0 bridgehead atoms. The predicted molar refractivity (Wildman–Crippen MR) is 113 cm³/mol. The Morgan fingerprint density at radius 3 is 2.62 bits per heavy atom. The number of hydrogen-bond donors (Lipinski definition) is 1. The van der Waals surface area contributed by atoms with Gasteiger partial charge in [0.1, 0.15) is 5.41 Å². The Labute approximate surface area is 170 Å². The lowest BCUT2D eigenvalue weighted by atomic mass is 9.73. The lowest BCUT2D eigenvalue weighted by Crippen LogP contribution is -2.68. The summed E-state index contributed by atoms with van der Waals surface area (Å²) in [4.78, 5) is 42.1. The van der Waals surface area contributed by atoms with Crippen molar-refractivity contribution in [2.24, 2.45) is 11.3 Å². The number of amides is 4. The Hall–Kier alpha value is -2.89. The largest absolute Gasteiger partial charge is 0.373 e. The van der Waals surface area contributed by atoms with Crippen LogP contribution in [0.1, 0.15) is 32.3 Å². The quantitative estimate of drug-likeness (QED) is 0.809. The monoisotopic (exact) mass is 393 g/mol. The van der Waals surface area contributed by atoms with Gasteiger partial charge in [-0.15, -0.1) is 0 Å². The number of carbonyl (C=O) groups is 3. The molecule has 4 amide bonds. The zero-order valence-corrected chi connectivity index (χ0v) is 17.2. The minimum absolute atomic E-state index is 0.261. The Kier molecular flexibility index (Phi) is 4.81. The highest BCUT2D eigenvalue weighted by Crippen LogP contribution is 2.42. The van der Waals surface area contributed by atoms with Crippen molar-refractivity contribution < 1.29 is 14.4 Å². The van der Waals surface area contributed by atoms with Gasteiger partial charge in [-0.1, -0.05) is 44.2 Å². The van der Waals surface area contributed by atoms with E-state index in [-0.39, 0.29) is 12.5 Å². The van der Waals surface area contributed by atoms with E-state index in [2.05, 4.69) is 25.2 Å². The maximum atomic E-state index is 13.5. The lowest BCUT2D eigenvalue weighted by Gasteiger charge is -2.45. The zero-order chi connectivity index (χ0) is 20.8. The van der Waals surface area contributed by atoms with Crippen LogP contribution in [0.2, 0.25) is 0 Å². The third kappa shape index (κ3) is 3.16. The summed E-state index contributed by atoms with van der Waals surface area (Å²) < 4.78 is 0. The number of urea groups is 1. The van der Waals surface area contributed by atoms with Crippen LogP contribution >= 0.6 is 0 Å². The number of rotatable bonds is 4. The predicted octanol–water partition coefficient (Wildman–Crippen LogP) is 3.33. The maximum Gasteiger partial charge on any atom is 0.330 e. The minimum Gasteiger partial charge on any atom is -0.373 e. The highest BCUT2D eigenvalue weighted by Gasteiger charge is 2.56. The summed E-state index contributed by atoms with van der Waals surface area (Å²) in [5.74, 6) is -0.369. The minimum atomic E-state index is -1.28. The molecule has 29 heavy (non-hydrogen) atoms. The van der Waals surface area contributed by atoms with E-state index >= 15 is 0 Å². The van der Waals surface area contributed by atoms with Crippen LogP contribution in [0, 0.1) is 11.3 Å². The van der Waals surface area contributed by atoms with Crippen LogP contribution in [-0.2, 0) is 16.0 Å². The molecule has 6 nitrogen and oxygen atoms in total. The van der Waals surface area contributed by atoms with Gasteiger partial charge in [-0.3, -0.25) is 19.8 Å². The van der Waals surface area contributed by atoms with E-state index in [1.54, 1.807) is 0 Å². The molecule has 1 spiro atoms. The molecule has 152 valence electrons. The zero-order valence-electron chi connectivity index (χ0n) is 17.2. The molecule has 6 heteroatoms. The van der Waals surface area contributed by atoms with Crippen LogP contribution < -0.4 is 10.2 Å². The van der Waals surface area contributed by atoms with Crippen LogP contribution in [-0.4, -0.2) is 42.9 Å². The number of anilines is 1. The molecule has 1 N–H and O–H groups in total. The van der Waals surface area contributed by atoms with Crippen LogP contribution in [0.4, 0.5) is 10.5 Å². The Balaban J connectivity index is 1.73. The molecule has 0 radical (unpaired) electrons. The van der Waals surface area contributed by atoms with Gasteiger partial charge >= 0.3 is 6.03 Å². The molecular formula is C23H27N3O3. The summed E-state index contributed by atoms with van der Waals surface area (Å²) in [5.41, 5.74) is 0.729. The van der Waals surface area contributed by atoms with Crippen LogP contribution in [0.3, 0.4) is 0 Å². The van der Waals surface area contributed by atoms with E-state index in [1.807, 2.05) is 42.3 Å². The third-order valence-electron chi connectivity index (χ3n) is 6.13. The third-order valence-corrected chi connectivity index (χ3v) is 6.13. The molecule has 2 aliphatic rings. The number of hydrogen-bond acceptors (Lipinski definition) is 4. The van der Waals surface area contributed by atoms with E-state index < -0.39 is 17.4 Å². The number of imide groups is 2. The number of benzene rings is 2. The molecule has 0 aliphatic carbocycles. The lowest BCUT2D eigenvalue weighted by molar-refractivity contribution is -0.151. The molecule has 2 aromatic rings. The summed E-state index contributed by atoms with van der Waals surface area (Å²) in [5, 5.41) is 4.57. The highest BCUT2D eigenvalue weighted by atomic mass is 16.2. The van der Waals surface area contributed by atoms with Crippen molar-refractivity contribution in [3.63, 3.8) is 0 Å². The van der Waals surface area contributed by atoms with Crippen molar-refractivity contribution in [2.45, 2.75) is 33.1 Å². The Morgan fingerprint density at radius 2 is 1.86 bits per heavy atom. The fraction of sp³-hybridized carbons (Fsp3) is 0.435. The SMILES string of the molecule is CC(C)CCCN1C(=O)NC(=O)C2(Cc3c(ccc4ccccc34)N(C)C2)C1=O. The molecule has 1 unspecified atom stereocenters. The van der Waals surface area contributed by atoms with Crippen molar-refractivity contribution in [3.8, 4) is 0 Å². The molecule has 4 rings (SSSR count). The number of fused-ring (bicyclic) bond motifs is 3. The van der Waals surface area contributed by atoms with E-state index in [1.165, 1.54) is 4.90 Å². The average Bonchev–Trinajstić information content (AvgIpc) is 2.69. The summed E-state index contributed by atoms with van der Waals surface area (Å²) in [6.07, 6.45) is 1.95. The van der Waals surface area contributed by atoms with E-state index in [9.17, 15) is 14.4 Å². The van der Waals surface area contributed by atoms with E-state index in [0.29, 0.717) is 18.9 Å². The standard InChI is InChI=1S/C23H27N3O3/c1-15(2)7-6-12-26-21(28)23(20(27)24-22(26)29)13-18-17-9-5-4-8-16(17)10-11-19(18)25(3)14-23/h4-5,8-11,15H,6-7,12-14H2,1-3H3,(H,24,27,29). The highest BCUT2D eigenvalue weighted by molar-refractivity contribution is 6.20. The van der Waals surface area contributed by atoms with Crippen molar-refractivity contribution >= 4 is 34.3 Å². The van der Waals surface area contributed by atoms with Gasteiger partial charge in [-0.2, -0.15) is 0 Å². The van der Waals surface area contributed by atoms with Crippen molar-refractivity contribution in [1.29, 1.82) is 0 Å². The maximum absolute atomic E-state index is 13.5. The first-order valence-electron chi connectivity index (χ1n) is 10.2. The van der Waals surface area contributed by atoms with Crippen LogP contribution in [0.15, 0.2) is 36.4 Å². The molecule has 2 aliphatic heterocycles. The Bertz CT molecular complexity index is 1000. The van der Waals surface area contributed by atoms with Gasteiger partial charge in [0.25, 0.3) is 0 Å². The second kappa shape index (κ2) is 7.17. The molecule has 0 saturated carbocycles. The number of carbonyl (C=O) groups excluding carboxylic acids is 3. The molecule has 0 aromatic heterocycles. The first-order chi connectivity index (χ1) is 13.8. The van der Waals surface area contributed by atoms with E-state index in [0.717, 1.165) is 34.9 Å². The van der Waals surface area contributed by atoms with Gasteiger partial charge < -0.3 is 4.90 Å². The smallest absolute Gasteiger partial charge is 0.330 e. The topological polar surface area (TPSA) is 69.7 Å². The molecule has 1 atom stereocenters. The first kappa shape index (κ1) is 19.4. The molecular weight excluding hydrogens is 366 g/mol. The number of barbiturate groups is 1. The van der Waals surface area contributed by atoms with Crippen LogP contribution in [0.5, 0.6) is 0 Å². The van der Waals surface area contributed by atoms with E-state index in [4.69, 9.17) is 0 Å². The van der Waals surface area contributed by atoms with Gasteiger partial charge in [0.05, 0.1) is 0 Å². The summed E-state index contributed by atoms with van der Waals surface area (Å²) in [6.45, 7) is 4.82. The summed E-state index contributed by atoms with van der Waals surface area (Å²) >= 11 is 0. The van der Waals surface area contributed by atoms with Gasteiger partial charge in [0.15, 0.2) is 0 Å². The van der Waals surface area contributed by atoms with Gasteiger partial charge in [0, 0.05) is 32.2 Å². The summed E-state index contributed by atoms with van der Waals surface area (Å²) in [6, 6.07) is 11.5. The summed E-state index contributed by atoms with van der Waals surface area (Å²) in [7, 11) is 1.90. The molecule has 2 heterocycles. The normalized spacial score (nSPS) is 21.9. The second-order valence-corrected chi connectivity index (χ2v) is 8.65. The van der Waals surface area contributed by atoms with Crippen molar-refractivity contribution in [1.82, 2.24) is 10.2 Å². The number of nitrogens with one attached hydrogen (secondary N) is 1. The van der Waals surface area contributed by atoms with Crippen molar-refractivity contribution in [3.05, 3.63) is 42.0 Å². The van der Waals surface area contributed by atoms with Crippen molar-refractivity contribution in [2.75, 3.05) is 25.0 Å². The fourth-order valence-corrected chi connectivity index (χ4v) is 4.60. The first-order valence-corrected chi connectivity index (χ1v) is 10.2. The van der Waals surface area contributed by atoms with Gasteiger partial charge in [-0.25, -0.2) is 4.79 Å². The van der Waals surface area contributed by atoms with Gasteiger partial charge in [-0.05, 0) is 41.2 Å². The molecule has 1 saturated heterocycles. The second-order valence-electron chi connectivity index (χ2n) is 8.65. The van der Waals surface area contributed by atoms with Gasteiger partial charge in [0.2, 0.25) is 11.8 Å².